The standard InChI is InChI=1S/C5H8O2.C4H6O3/c1-4(2)5(6)7-3;1-2-4(6)7-3-5/h1H2,2-3H3;2,5H,1,3H2. The third-order valence-electron chi connectivity index (χ3n) is 0.907. The molecule has 0 saturated carbocycles. The molecule has 0 bridgehead atoms. The Kier molecular flexibility index (Phi) is 10.1. The maximum Gasteiger partial charge on any atom is 0.332 e. The highest BCUT2D eigenvalue weighted by Crippen LogP contribution is 1.87. The highest BCUT2D eigenvalue weighted by molar-refractivity contribution is 5.86. The van der Waals surface area contributed by atoms with Gasteiger partial charge in [0.2, 0.25) is 0 Å². The fourth-order valence-corrected chi connectivity index (χ4v) is 0.297. The van der Waals surface area contributed by atoms with Crippen LogP contribution in [0.1, 0.15) is 6.92 Å². The minimum atomic E-state index is -0.609. The summed E-state index contributed by atoms with van der Waals surface area (Å²) in [6.07, 6.45) is 0.982. The average Bonchev–Trinajstić information content (AvgIpc) is 2.17. The van der Waals surface area contributed by atoms with E-state index in [4.69, 9.17) is 5.11 Å². The van der Waals surface area contributed by atoms with Gasteiger partial charge in [-0.25, -0.2) is 9.59 Å². The number of carbonyl (C=O) groups is 2. The second-order valence-electron chi connectivity index (χ2n) is 2.07. The lowest BCUT2D eigenvalue weighted by Crippen LogP contribution is -1.99. The summed E-state index contributed by atoms with van der Waals surface area (Å²) in [5, 5.41) is 7.88. The van der Waals surface area contributed by atoms with Crippen molar-refractivity contribution in [2.45, 2.75) is 6.92 Å². The highest BCUT2D eigenvalue weighted by Gasteiger charge is 1.95. The molecular weight excluding hydrogens is 188 g/mol. The number of aliphatic hydroxyl groups is 1. The van der Waals surface area contributed by atoms with E-state index in [1.807, 2.05) is 0 Å². The van der Waals surface area contributed by atoms with Crippen molar-refractivity contribution < 1.29 is 24.2 Å². The molecule has 0 atom stereocenters. The molecule has 5 nitrogen and oxygen atoms in total. The van der Waals surface area contributed by atoms with E-state index in [-0.39, 0.29) is 5.97 Å². The number of hydrogen-bond donors (Lipinski definition) is 1. The van der Waals surface area contributed by atoms with E-state index in [1.165, 1.54) is 7.11 Å². The first-order valence-electron chi connectivity index (χ1n) is 3.63. The monoisotopic (exact) mass is 202 g/mol. The van der Waals surface area contributed by atoms with E-state index in [0.717, 1.165) is 6.08 Å². The summed E-state index contributed by atoms with van der Waals surface area (Å²) in [5.74, 6) is -0.956. The largest absolute Gasteiger partial charge is 0.466 e. The van der Waals surface area contributed by atoms with Gasteiger partial charge in [0.1, 0.15) is 0 Å². The number of aliphatic hydroxyl groups excluding tert-OH is 1. The van der Waals surface area contributed by atoms with E-state index in [0.29, 0.717) is 5.57 Å². The zero-order valence-corrected chi connectivity index (χ0v) is 8.28. The zero-order valence-electron chi connectivity index (χ0n) is 8.28. The van der Waals surface area contributed by atoms with Crippen molar-refractivity contribution in [3.63, 3.8) is 0 Å². The third-order valence-corrected chi connectivity index (χ3v) is 0.907. The van der Waals surface area contributed by atoms with Crippen LogP contribution in [-0.4, -0.2) is 30.9 Å². The molecule has 0 aromatic carbocycles. The maximum atomic E-state index is 10.2. The molecule has 0 rings (SSSR count). The smallest absolute Gasteiger partial charge is 0.332 e. The SMILES string of the molecule is C=C(C)C(=O)OC.C=CC(=O)OCO. The molecule has 0 aromatic rings. The fourth-order valence-electron chi connectivity index (χ4n) is 0.297. The minimum Gasteiger partial charge on any atom is -0.466 e. The summed E-state index contributed by atoms with van der Waals surface area (Å²) in [6, 6.07) is 0. The number of carbonyl (C=O) groups excluding carboxylic acids is 2. The maximum absolute atomic E-state index is 10.2. The molecule has 80 valence electrons. The molecule has 0 spiro atoms. The van der Waals surface area contributed by atoms with Crippen LogP contribution in [0.25, 0.3) is 0 Å². The topological polar surface area (TPSA) is 72.8 Å². The zero-order chi connectivity index (χ0) is 11.6. The first-order valence-corrected chi connectivity index (χ1v) is 3.63. The molecule has 5 heteroatoms. The molecular formula is C9H14O5. The van der Waals surface area contributed by atoms with E-state index in [9.17, 15) is 9.59 Å². The molecule has 0 radical (unpaired) electrons. The van der Waals surface area contributed by atoms with Gasteiger partial charge in [-0.15, -0.1) is 0 Å². The van der Waals surface area contributed by atoms with Crippen LogP contribution < -0.4 is 0 Å². The van der Waals surface area contributed by atoms with Gasteiger partial charge in [-0.3, -0.25) is 0 Å². The Morgan fingerprint density at radius 2 is 2.00 bits per heavy atom. The van der Waals surface area contributed by atoms with Crippen molar-refractivity contribution >= 4 is 11.9 Å². The fraction of sp³-hybridized carbons (Fsp3) is 0.333. The van der Waals surface area contributed by atoms with Crippen molar-refractivity contribution in [3.8, 4) is 0 Å². The Bertz CT molecular complexity index is 217. The molecule has 0 fully saturated rings. The first kappa shape index (κ1) is 14.9. The summed E-state index contributed by atoms with van der Waals surface area (Å²) in [4.78, 5) is 20.1. The number of ether oxygens (including phenoxy) is 2. The van der Waals surface area contributed by atoms with Crippen molar-refractivity contribution in [2.24, 2.45) is 0 Å². The number of methoxy groups -OCH3 is 1. The summed E-state index contributed by atoms with van der Waals surface area (Å²) in [5.41, 5.74) is 0.433. The van der Waals surface area contributed by atoms with Crippen LogP contribution in [0.15, 0.2) is 24.8 Å². The Morgan fingerprint density at radius 1 is 1.50 bits per heavy atom. The molecule has 0 aliphatic heterocycles. The molecule has 1 N–H and O–H groups in total. The molecule has 0 amide bonds. The molecule has 0 aliphatic rings. The number of esters is 2. The van der Waals surface area contributed by atoms with Crippen LogP contribution in [0.5, 0.6) is 0 Å². The summed E-state index contributed by atoms with van der Waals surface area (Å²) >= 11 is 0. The van der Waals surface area contributed by atoms with Gasteiger partial charge < -0.3 is 14.6 Å². The Balaban J connectivity index is 0. The predicted octanol–water partition coefficient (Wildman–Crippen LogP) is 0.401. The molecule has 14 heavy (non-hydrogen) atoms. The highest BCUT2D eigenvalue weighted by atomic mass is 16.6. The van der Waals surface area contributed by atoms with E-state index >= 15 is 0 Å². The minimum absolute atomic E-state index is 0.347. The quantitative estimate of drug-likeness (QED) is 0.407. The van der Waals surface area contributed by atoms with E-state index in [1.54, 1.807) is 6.92 Å². The van der Waals surface area contributed by atoms with E-state index < -0.39 is 12.8 Å². The van der Waals surface area contributed by atoms with Crippen molar-refractivity contribution in [2.75, 3.05) is 13.9 Å². The van der Waals surface area contributed by atoms with Crippen LogP contribution in [0.2, 0.25) is 0 Å². The molecule has 0 unspecified atom stereocenters. The van der Waals surface area contributed by atoms with Crippen LogP contribution in [-0.2, 0) is 19.1 Å². The van der Waals surface area contributed by atoms with Gasteiger partial charge in [0, 0.05) is 11.6 Å². The molecule has 0 aromatic heterocycles. The summed E-state index contributed by atoms with van der Waals surface area (Å²) in [7, 11) is 1.33. The van der Waals surface area contributed by atoms with Crippen molar-refractivity contribution in [1.29, 1.82) is 0 Å². The summed E-state index contributed by atoms with van der Waals surface area (Å²) < 4.78 is 8.26. The molecule has 0 saturated heterocycles. The van der Waals surface area contributed by atoms with Gasteiger partial charge >= 0.3 is 11.9 Å². The number of hydrogen-bond acceptors (Lipinski definition) is 5. The number of rotatable bonds is 3. The van der Waals surface area contributed by atoms with Crippen molar-refractivity contribution in [1.82, 2.24) is 0 Å². The third kappa shape index (κ3) is 10.4. The van der Waals surface area contributed by atoms with Gasteiger partial charge in [-0.1, -0.05) is 13.2 Å². The van der Waals surface area contributed by atoms with Crippen LogP contribution in [0.3, 0.4) is 0 Å². The van der Waals surface area contributed by atoms with Crippen molar-refractivity contribution in [3.05, 3.63) is 24.8 Å². The first-order chi connectivity index (χ1) is 6.49. The van der Waals surface area contributed by atoms with Gasteiger partial charge in [-0.05, 0) is 6.92 Å². The Labute approximate surface area is 82.6 Å². The van der Waals surface area contributed by atoms with Crippen LogP contribution in [0, 0.1) is 0 Å². The lowest BCUT2D eigenvalue weighted by molar-refractivity contribution is -0.145. The van der Waals surface area contributed by atoms with Gasteiger partial charge in [-0.2, -0.15) is 0 Å². The second kappa shape index (κ2) is 9.47. The van der Waals surface area contributed by atoms with Crippen LogP contribution in [0.4, 0.5) is 0 Å². The normalized spacial score (nSPS) is 7.64. The lowest BCUT2D eigenvalue weighted by Gasteiger charge is -1.91. The molecule has 0 aliphatic carbocycles. The average molecular weight is 202 g/mol. The van der Waals surface area contributed by atoms with E-state index in [2.05, 4.69) is 22.6 Å². The van der Waals surface area contributed by atoms with Gasteiger partial charge in [0.25, 0.3) is 0 Å². The predicted molar refractivity (Wildman–Crippen MR) is 50.2 cm³/mol. The summed E-state index contributed by atoms with van der Waals surface area (Å²) in [6.45, 7) is 7.47. The second-order valence-corrected chi connectivity index (χ2v) is 2.07. The lowest BCUT2D eigenvalue weighted by atomic mass is 10.4. The Hall–Kier alpha value is -1.62. The molecule has 0 heterocycles. The Morgan fingerprint density at radius 3 is 2.07 bits per heavy atom. The van der Waals surface area contributed by atoms with Gasteiger partial charge in [0.15, 0.2) is 6.79 Å². The van der Waals surface area contributed by atoms with Gasteiger partial charge in [0.05, 0.1) is 7.11 Å². The van der Waals surface area contributed by atoms with Crippen LogP contribution >= 0.6 is 0 Å².